The van der Waals surface area contributed by atoms with E-state index in [0.29, 0.717) is 6.54 Å². The fraction of sp³-hybridized carbons (Fsp3) is 0.286. The first kappa shape index (κ1) is 13.5. The predicted molar refractivity (Wildman–Crippen MR) is 67.0 cm³/mol. The average Bonchev–Trinajstić information content (AvgIpc) is 2.90. The zero-order valence-corrected chi connectivity index (χ0v) is 10.5. The Morgan fingerprint density at radius 2 is 2.16 bits per heavy atom. The molecule has 5 heteroatoms. The Hall–Kier alpha value is -1.88. The van der Waals surface area contributed by atoms with Crippen LogP contribution in [0.4, 0.5) is 8.78 Å². The Morgan fingerprint density at radius 1 is 1.32 bits per heavy atom. The number of ether oxygens (including phenoxy) is 1. The summed E-state index contributed by atoms with van der Waals surface area (Å²) in [5.74, 6) is -0.435. The van der Waals surface area contributed by atoms with E-state index in [-0.39, 0.29) is 18.4 Å². The molecule has 0 amide bonds. The van der Waals surface area contributed by atoms with Crippen LogP contribution in [0, 0.1) is 11.6 Å². The molecule has 0 radical (unpaired) electrons. The number of halogens is 2. The number of rotatable bonds is 6. The molecule has 1 unspecified atom stereocenters. The highest BCUT2D eigenvalue weighted by Crippen LogP contribution is 2.17. The lowest BCUT2D eigenvalue weighted by Gasteiger charge is -2.12. The van der Waals surface area contributed by atoms with E-state index >= 15 is 0 Å². The first-order valence-electron chi connectivity index (χ1n) is 6.01. The van der Waals surface area contributed by atoms with Crippen molar-refractivity contribution in [1.29, 1.82) is 0 Å². The quantitative estimate of drug-likeness (QED) is 0.815. The van der Waals surface area contributed by atoms with Crippen LogP contribution in [0.3, 0.4) is 0 Å². The number of furan rings is 1. The molecule has 2 rings (SSSR count). The number of hydrogen-bond acceptors (Lipinski definition) is 3. The topological polar surface area (TPSA) is 34.4 Å². The zero-order chi connectivity index (χ0) is 13.7. The van der Waals surface area contributed by atoms with Crippen LogP contribution in [-0.2, 0) is 0 Å². The maximum Gasteiger partial charge on any atom is 0.167 e. The third kappa shape index (κ3) is 3.79. The lowest BCUT2D eigenvalue weighted by atomic mass is 10.2. The van der Waals surface area contributed by atoms with E-state index in [1.807, 2.05) is 19.1 Å². The van der Waals surface area contributed by atoms with Crippen LogP contribution < -0.4 is 10.1 Å². The fourth-order valence-electron chi connectivity index (χ4n) is 1.67. The molecule has 0 aliphatic carbocycles. The lowest BCUT2D eigenvalue weighted by Crippen LogP contribution is -2.24. The van der Waals surface area contributed by atoms with E-state index in [9.17, 15) is 8.78 Å². The maximum absolute atomic E-state index is 13.3. The molecule has 1 N–H and O–H groups in total. The van der Waals surface area contributed by atoms with Crippen LogP contribution in [0.1, 0.15) is 18.7 Å². The first-order valence-corrected chi connectivity index (χ1v) is 6.01. The van der Waals surface area contributed by atoms with Crippen LogP contribution in [0.2, 0.25) is 0 Å². The van der Waals surface area contributed by atoms with Crippen molar-refractivity contribution in [2.24, 2.45) is 0 Å². The number of benzene rings is 1. The van der Waals surface area contributed by atoms with Gasteiger partial charge in [0.05, 0.1) is 12.3 Å². The monoisotopic (exact) mass is 267 g/mol. The van der Waals surface area contributed by atoms with Gasteiger partial charge in [-0.15, -0.1) is 0 Å². The molecule has 2 aromatic rings. The van der Waals surface area contributed by atoms with Gasteiger partial charge in [0.1, 0.15) is 18.2 Å². The van der Waals surface area contributed by atoms with E-state index in [2.05, 4.69) is 5.32 Å². The largest absolute Gasteiger partial charge is 0.489 e. The van der Waals surface area contributed by atoms with E-state index < -0.39 is 11.6 Å². The highest BCUT2D eigenvalue weighted by molar-refractivity contribution is 5.24. The van der Waals surface area contributed by atoms with E-state index in [0.717, 1.165) is 17.9 Å². The van der Waals surface area contributed by atoms with E-state index in [1.165, 1.54) is 6.07 Å². The van der Waals surface area contributed by atoms with Crippen LogP contribution in [0.25, 0.3) is 0 Å². The molecule has 19 heavy (non-hydrogen) atoms. The van der Waals surface area contributed by atoms with Gasteiger partial charge in [-0.25, -0.2) is 8.78 Å². The molecular weight excluding hydrogens is 252 g/mol. The van der Waals surface area contributed by atoms with Crippen molar-refractivity contribution in [1.82, 2.24) is 5.32 Å². The minimum Gasteiger partial charge on any atom is -0.489 e. The Morgan fingerprint density at radius 3 is 2.84 bits per heavy atom. The summed E-state index contributed by atoms with van der Waals surface area (Å²) in [5, 5.41) is 3.17. The summed E-state index contributed by atoms with van der Waals surface area (Å²) in [6, 6.07) is 6.99. The summed E-state index contributed by atoms with van der Waals surface area (Å²) in [6.45, 7) is 2.77. The smallest absolute Gasteiger partial charge is 0.167 e. The molecule has 102 valence electrons. The molecule has 0 saturated carbocycles. The average molecular weight is 267 g/mol. The second-order valence-corrected chi connectivity index (χ2v) is 4.11. The van der Waals surface area contributed by atoms with Crippen molar-refractivity contribution in [2.75, 3.05) is 13.2 Å². The zero-order valence-electron chi connectivity index (χ0n) is 10.5. The highest BCUT2D eigenvalue weighted by Gasteiger charge is 2.08. The molecule has 3 nitrogen and oxygen atoms in total. The summed E-state index contributed by atoms with van der Waals surface area (Å²) in [4.78, 5) is 0. The molecule has 0 fully saturated rings. The van der Waals surface area contributed by atoms with Crippen LogP contribution >= 0.6 is 0 Å². The summed E-state index contributed by atoms with van der Waals surface area (Å²) in [6.07, 6.45) is 1.61. The molecule has 1 aromatic heterocycles. The third-order valence-corrected chi connectivity index (χ3v) is 2.67. The van der Waals surface area contributed by atoms with Crippen LogP contribution in [-0.4, -0.2) is 13.2 Å². The molecule has 0 bridgehead atoms. The van der Waals surface area contributed by atoms with Crippen molar-refractivity contribution in [3.05, 3.63) is 54.0 Å². The van der Waals surface area contributed by atoms with Gasteiger partial charge in [-0.05, 0) is 31.2 Å². The Labute approximate surface area is 110 Å². The molecule has 1 heterocycles. The lowest BCUT2D eigenvalue weighted by molar-refractivity contribution is 0.288. The summed E-state index contributed by atoms with van der Waals surface area (Å²) < 4.78 is 36.4. The molecule has 0 spiro atoms. The van der Waals surface area contributed by atoms with Gasteiger partial charge >= 0.3 is 0 Å². The van der Waals surface area contributed by atoms with Crippen LogP contribution in [0.5, 0.6) is 5.75 Å². The highest BCUT2D eigenvalue weighted by atomic mass is 19.1. The van der Waals surface area contributed by atoms with Crippen molar-refractivity contribution < 1.29 is 17.9 Å². The summed E-state index contributed by atoms with van der Waals surface area (Å²) >= 11 is 0. The standard InChI is InChI=1S/C14H15F2NO2/c1-10(13-3-2-7-18-13)17-6-8-19-14-5-4-11(15)9-12(14)16/h2-5,7,9-10,17H,6,8H2,1H3. The molecule has 1 atom stereocenters. The molecule has 0 aliphatic rings. The molecule has 0 aliphatic heterocycles. The summed E-state index contributed by atoms with van der Waals surface area (Å²) in [7, 11) is 0. The first-order chi connectivity index (χ1) is 9.16. The predicted octanol–water partition coefficient (Wildman–Crippen LogP) is 3.29. The van der Waals surface area contributed by atoms with Gasteiger partial charge in [0.15, 0.2) is 11.6 Å². The third-order valence-electron chi connectivity index (χ3n) is 2.67. The van der Waals surface area contributed by atoms with Crippen molar-refractivity contribution >= 4 is 0 Å². The summed E-state index contributed by atoms with van der Waals surface area (Å²) in [5.41, 5.74) is 0. The second-order valence-electron chi connectivity index (χ2n) is 4.11. The maximum atomic E-state index is 13.3. The Balaban J connectivity index is 1.75. The molecule has 1 aromatic carbocycles. The van der Waals surface area contributed by atoms with E-state index in [4.69, 9.17) is 9.15 Å². The van der Waals surface area contributed by atoms with Gasteiger partial charge in [-0.3, -0.25) is 0 Å². The number of hydrogen-bond donors (Lipinski definition) is 1. The van der Waals surface area contributed by atoms with Gasteiger partial charge < -0.3 is 14.5 Å². The fourth-order valence-corrected chi connectivity index (χ4v) is 1.67. The van der Waals surface area contributed by atoms with Gasteiger partial charge in [0, 0.05) is 12.6 Å². The second kappa shape index (κ2) is 6.33. The normalized spacial score (nSPS) is 12.4. The van der Waals surface area contributed by atoms with Crippen LogP contribution in [0.15, 0.2) is 41.0 Å². The van der Waals surface area contributed by atoms with Crippen molar-refractivity contribution in [2.45, 2.75) is 13.0 Å². The number of nitrogens with one attached hydrogen (secondary N) is 1. The van der Waals surface area contributed by atoms with Crippen molar-refractivity contribution in [3.8, 4) is 5.75 Å². The molecule has 0 saturated heterocycles. The Kier molecular flexibility index (Phi) is 4.52. The SMILES string of the molecule is CC(NCCOc1ccc(F)cc1F)c1ccco1. The van der Waals surface area contributed by atoms with Gasteiger partial charge in [0.2, 0.25) is 0 Å². The minimum absolute atomic E-state index is 0.0499. The van der Waals surface area contributed by atoms with Gasteiger partial charge in [-0.1, -0.05) is 0 Å². The Bertz CT molecular complexity index is 514. The van der Waals surface area contributed by atoms with Crippen molar-refractivity contribution in [3.63, 3.8) is 0 Å². The minimum atomic E-state index is -0.695. The molecular formula is C14H15F2NO2. The van der Waals surface area contributed by atoms with Gasteiger partial charge in [0.25, 0.3) is 0 Å². The van der Waals surface area contributed by atoms with E-state index in [1.54, 1.807) is 6.26 Å². The van der Waals surface area contributed by atoms with Gasteiger partial charge in [-0.2, -0.15) is 0 Å².